The molecule has 0 atom stereocenters. The number of aromatic nitrogens is 1. The minimum absolute atomic E-state index is 0.00908. The van der Waals surface area contributed by atoms with Crippen LogP contribution in [0.5, 0.6) is 0 Å². The number of nitrogens with one attached hydrogen (secondary N) is 1. The van der Waals surface area contributed by atoms with Gasteiger partial charge < -0.3 is 10.2 Å². The fourth-order valence-electron chi connectivity index (χ4n) is 2.53. The van der Waals surface area contributed by atoms with Crippen molar-refractivity contribution < 1.29 is 22.8 Å². The molecule has 2 amide bonds. The van der Waals surface area contributed by atoms with Crippen molar-refractivity contribution in [2.24, 2.45) is 0 Å². The Morgan fingerprint density at radius 3 is 2.56 bits per heavy atom. The van der Waals surface area contributed by atoms with Crippen LogP contribution in [0.2, 0.25) is 0 Å². The van der Waals surface area contributed by atoms with Gasteiger partial charge in [0, 0.05) is 24.0 Å². The van der Waals surface area contributed by atoms with Crippen molar-refractivity contribution in [3.05, 3.63) is 40.9 Å². The van der Waals surface area contributed by atoms with E-state index < -0.39 is 17.8 Å². The molecule has 3 rings (SSSR count). The summed E-state index contributed by atoms with van der Waals surface area (Å²) in [5, 5.41) is 3.14. The maximum atomic E-state index is 12.5. The van der Waals surface area contributed by atoms with Crippen LogP contribution < -0.4 is 10.2 Å². The highest BCUT2D eigenvalue weighted by Crippen LogP contribution is 2.31. The topological polar surface area (TPSA) is 62.3 Å². The van der Waals surface area contributed by atoms with Crippen LogP contribution in [0, 0.1) is 0 Å². The van der Waals surface area contributed by atoms with Gasteiger partial charge in [0.15, 0.2) is 10.8 Å². The third-order valence-electron chi connectivity index (χ3n) is 3.73. The summed E-state index contributed by atoms with van der Waals surface area (Å²) in [6.45, 7) is 0.685. The van der Waals surface area contributed by atoms with E-state index in [0.717, 1.165) is 28.8 Å². The molecule has 5 nitrogen and oxygen atoms in total. The Hall–Kier alpha value is -2.42. The molecule has 1 aromatic carbocycles. The van der Waals surface area contributed by atoms with Gasteiger partial charge in [0.2, 0.25) is 11.8 Å². The third kappa shape index (κ3) is 4.16. The number of anilines is 2. The van der Waals surface area contributed by atoms with Crippen molar-refractivity contribution in [1.29, 1.82) is 0 Å². The summed E-state index contributed by atoms with van der Waals surface area (Å²) < 4.78 is 37.4. The number of hydrogen-bond donors (Lipinski definition) is 1. The highest BCUT2D eigenvalue weighted by atomic mass is 32.1. The second kappa shape index (κ2) is 6.83. The second-order valence-corrected chi connectivity index (χ2v) is 6.43. The molecule has 1 saturated heterocycles. The smallest absolute Gasteiger partial charge is 0.312 e. The van der Waals surface area contributed by atoms with Crippen molar-refractivity contribution in [1.82, 2.24) is 4.98 Å². The van der Waals surface area contributed by atoms with Gasteiger partial charge in [-0.3, -0.25) is 9.59 Å². The van der Waals surface area contributed by atoms with Crippen LogP contribution in [0.15, 0.2) is 29.6 Å². The molecule has 1 aliphatic rings. The Bertz CT molecular complexity index is 787. The Morgan fingerprint density at radius 2 is 2.00 bits per heavy atom. The fraction of sp³-hybridized carbons (Fsp3) is 0.312. The molecule has 1 aromatic heterocycles. The van der Waals surface area contributed by atoms with Gasteiger partial charge in [-0.15, -0.1) is 11.3 Å². The molecule has 2 aromatic rings. The molecule has 25 heavy (non-hydrogen) atoms. The molecule has 1 fully saturated rings. The molecule has 0 spiro atoms. The quantitative estimate of drug-likeness (QED) is 0.898. The van der Waals surface area contributed by atoms with Crippen molar-refractivity contribution >= 4 is 34.0 Å². The number of alkyl halides is 3. The number of amides is 2. The van der Waals surface area contributed by atoms with Gasteiger partial charge in [-0.1, -0.05) is 12.1 Å². The van der Waals surface area contributed by atoms with Crippen molar-refractivity contribution in [3.8, 4) is 0 Å². The number of benzene rings is 1. The Labute approximate surface area is 145 Å². The number of carbonyl (C=O) groups is 2. The molecule has 2 heterocycles. The molecule has 1 aliphatic heterocycles. The standard InChI is InChI=1S/C16H14F3N3O2S/c17-16(18,19)12-9-25-15(20-12)21-13(23)8-10-3-5-11(6-4-10)22-7-1-2-14(22)24/h3-6,9H,1-2,7-8H2,(H,20,21,23). The van der Waals surface area contributed by atoms with Gasteiger partial charge in [-0.25, -0.2) is 4.98 Å². The first-order chi connectivity index (χ1) is 11.8. The summed E-state index contributed by atoms with van der Waals surface area (Å²) >= 11 is 0.728. The first-order valence-corrected chi connectivity index (χ1v) is 8.43. The summed E-state index contributed by atoms with van der Waals surface area (Å²) in [4.78, 5) is 28.7. The van der Waals surface area contributed by atoms with Gasteiger partial charge in [0.1, 0.15) is 0 Å². The average molecular weight is 369 g/mol. The van der Waals surface area contributed by atoms with E-state index in [-0.39, 0.29) is 17.5 Å². The predicted molar refractivity (Wildman–Crippen MR) is 87.5 cm³/mol. The van der Waals surface area contributed by atoms with Crippen LogP contribution in [-0.2, 0) is 22.2 Å². The van der Waals surface area contributed by atoms with Crippen LogP contribution in [0.1, 0.15) is 24.1 Å². The number of halogens is 3. The van der Waals surface area contributed by atoms with Crippen molar-refractivity contribution in [2.75, 3.05) is 16.8 Å². The second-order valence-electron chi connectivity index (χ2n) is 5.58. The zero-order valence-electron chi connectivity index (χ0n) is 13.0. The van der Waals surface area contributed by atoms with E-state index in [1.807, 2.05) is 0 Å². The summed E-state index contributed by atoms with van der Waals surface area (Å²) in [5.41, 5.74) is 0.453. The number of carbonyl (C=O) groups excluding carboxylic acids is 2. The highest BCUT2D eigenvalue weighted by molar-refractivity contribution is 7.13. The van der Waals surface area contributed by atoms with E-state index in [4.69, 9.17) is 0 Å². The molecule has 0 radical (unpaired) electrons. The molecule has 9 heteroatoms. The molecule has 0 bridgehead atoms. The van der Waals surface area contributed by atoms with Crippen LogP contribution in [0.4, 0.5) is 24.0 Å². The van der Waals surface area contributed by atoms with Crippen LogP contribution in [-0.4, -0.2) is 23.3 Å². The van der Waals surface area contributed by atoms with Crippen molar-refractivity contribution in [3.63, 3.8) is 0 Å². The monoisotopic (exact) mass is 369 g/mol. The molecule has 0 unspecified atom stereocenters. The van der Waals surface area contributed by atoms with E-state index in [0.29, 0.717) is 18.5 Å². The lowest BCUT2D eigenvalue weighted by atomic mass is 10.1. The van der Waals surface area contributed by atoms with Crippen LogP contribution >= 0.6 is 11.3 Å². The lowest BCUT2D eigenvalue weighted by Crippen LogP contribution is -2.23. The predicted octanol–water partition coefficient (Wildman–Crippen LogP) is 3.47. The van der Waals surface area contributed by atoms with E-state index in [1.54, 1.807) is 29.2 Å². The number of rotatable bonds is 4. The zero-order valence-corrected chi connectivity index (χ0v) is 13.8. The first kappa shape index (κ1) is 17.4. The van der Waals surface area contributed by atoms with E-state index in [2.05, 4.69) is 10.3 Å². The van der Waals surface area contributed by atoms with Gasteiger partial charge in [-0.2, -0.15) is 13.2 Å². The minimum Gasteiger partial charge on any atom is -0.312 e. The molecular weight excluding hydrogens is 355 g/mol. The number of thiazole rings is 1. The highest BCUT2D eigenvalue weighted by Gasteiger charge is 2.33. The number of nitrogens with zero attached hydrogens (tertiary/aromatic N) is 2. The number of hydrogen-bond acceptors (Lipinski definition) is 4. The normalized spacial score (nSPS) is 14.8. The largest absolute Gasteiger partial charge is 0.434 e. The molecule has 1 N–H and O–H groups in total. The maximum Gasteiger partial charge on any atom is 0.434 e. The SMILES string of the molecule is O=C(Cc1ccc(N2CCCC2=O)cc1)Nc1nc(C(F)(F)F)cs1. The Morgan fingerprint density at radius 1 is 1.28 bits per heavy atom. The van der Waals surface area contributed by atoms with E-state index >= 15 is 0 Å². The minimum atomic E-state index is -4.53. The molecule has 0 aliphatic carbocycles. The van der Waals surface area contributed by atoms with Gasteiger partial charge in [0.05, 0.1) is 6.42 Å². The average Bonchev–Trinajstić information content (AvgIpc) is 3.17. The first-order valence-electron chi connectivity index (χ1n) is 7.55. The van der Waals surface area contributed by atoms with Gasteiger partial charge in [-0.05, 0) is 24.1 Å². The summed E-state index contributed by atoms with van der Waals surface area (Å²) in [7, 11) is 0. The van der Waals surface area contributed by atoms with Crippen molar-refractivity contribution in [2.45, 2.75) is 25.4 Å². The zero-order chi connectivity index (χ0) is 18.0. The van der Waals surface area contributed by atoms with Gasteiger partial charge >= 0.3 is 6.18 Å². The van der Waals surface area contributed by atoms with Crippen LogP contribution in [0.25, 0.3) is 0 Å². The Balaban J connectivity index is 1.59. The van der Waals surface area contributed by atoms with E-state index in [1.165, 1.54) is 0 Å². The maximum absolute atomic E-state index is 12.5. The Kier molecular flexibility index (Phi) is 4.76. The third-order valence-corrected chi connectivity index (χ3v) is 4.48. The van der Waals surface area contributed by atoms with Gasteiger partial charge in [0.25, 0.3) is 0 Å². The molecular formula is C16H14F3N3O2S. The lowest BCUT2D eigenvalue weighted by Gasteiger charge is -2.15. The summed E-state index contributed by atoms with van der Waals surface area (Å²) in [5.74, 6) is -0.372. The molecule has 0 saturated carbocycles. The summed E-state index contributed by atoms with van der Waals surface area (Å²) in [6, 6.07) is 6.97. The molecule has 132 valence electrons. The lowest BCUT2D eigenvalue weighted by molar-refractivity contribution is -0.140. The fourth-order valence-corrected chi connectivity index (χ4v) is 3.26. The van der Waals surface area contributed by atoms with E-state index in [9.17, 15) is 22.8 Å². The summed E-state index contributed by atoms with van der Waals surface area (Å²) in [6.07, 6.45) is -3.15. The van der Waals surface area contributed by atoms with Crippen LogP contribution in [0.3, 0.4) is 0 Å².